The predicted octanol–water partition coefficient (Wildman–Crippen LogP) is 2.69. The van der Waals surface area contributed by atoms with E-state index < -0.39 is 15.9 Å². The lowest BCUT2D eigenvalue weighted by Crippen LogP contribution is -2.30. The molecule has 3 rings (SSSR count). The Labute approximate surface area is 183 Å². The van der Waals surface area contributed by atoms with E-state index in [0.717, 1.165) is 46.5 Å². The third kappa shape index (κ3) is 4.48. The number of carbonyl (C=O) groups excluding carboxylic acids is 1. The molecule has 1 heterocycles. The number of anilines is 1. The average Bonchev–Trinajstić information content (AvgIpc) is 2.74. The maximum atomic E-state index is 12.4. The van der Waals surface area contributed by atoms with Crippen molar-refractivity contribution in [2.75, 3.05) is 33.0 Å². The average molecular weight is 445 g/mol. The van der Waals surface area contributed by atoms with Crippen LogP contribution in [0, 0.1) is 6.92 Å². The largest absolute Gasteiger partial charge is 0.410 e. The van der Waals surface area contributed by atoms with Crippen molar-refractivity contribution in [1.29, 1.82) is 0 Å². The second kappa shape index (κ2) is 8.78. The summed E-state index contributed by atoms with van der Waals surface area (Å²) >= 11 is 0. The number of hydrogen-bond donors (Lipinski definition) is 2. The maximum absolute atomic E-state index is 12.4. The van der Waals surface area contributed by atoms with Gasteiger partial charge in [-0.25, -0.2) is 12.7 Å². The van der Waals surface area contributed by atoms with E-state index in [0.29, 0.717) is 6.54 Å². The highest BCUT2D eigenvalue weighted by atomic mass is 32.2. The molecular formula is C22H28N4O4S. The van der Waals surface area contributed by atoms with E-state index in [2.05, 4.69) is 15.4 Å². The van der Waals surface area contributed by atoms with Crippen LogP contribution in [-0.2, 0) is 27.8 Å². The zero-order valence-corrected chi connectivity index (χ0v) is 19.2. The molecule has 2 N–H and O–H groups in total. The summed E-state index contributed by atoms with van der Waals surface area (Å²) in [5.41, 5.74) is 5.69. The monoisotopic (exact) mass is 444 g/mol. The zero-order chi connectivity index (χ0) is 22.9. The number of fused-ring (bicyclic) bond motifs is 1. The minimum Gasteiger partial charge on any atom is -0.410 e. The lowest BCUT2D eigenvalue weighted by Gasteiger charge is -2.30. The molecule has 0 unspecified atom stereocenters. The number of hydrogen-bond acceptors (Lipinski definition) is 6. The quantitative estimate of drug-likeness (QED) is 0.419. The van der Waals surface area contributed by atoms with Crippen LogP contribution in [0.2, 0.25) is 0 Å². The maximum Gasteiger partial charge on any atom is 0.273 e. The van der Waals surface area contributed by atoms with Crippen LogP contribution >= 0.6 is 0 Å². The first-order valence-corrected chi connectivity index (χ1v) is 11.4. The molecule has 1 amide bonds. The molecule has 1 aliphatic heterocycles. The fraction of sp³-hybridized carbons (Fsp3) is 0.364. The summed E-state index contributed by atoms with van der Waals surface area (Å²) in [6, 6.07) is 8.91. The molecule has 9 heteroatoms. The van der Waals surface area contributed by atoms with E-state index in [1.807, 2.05) is 32.2 Å². The van der Waals surface area contributed by atoms with Gasteiger partial charge in [-0.2, -0.15) is 0 Å². The van der Waals surface area contributed by atoms with E-state index in [1.165, 1.54) is 25.3 Å². The SMILES string of the molecule is C/C(=N\O)C(=O)Nc1c(C)cc(-c2ccc(S(=O)(=O)N(C)C)cc2)c2c1CN(C)CC2. The van der Waals surface area contributed by atoms with Crippen LogP contribution in [0.5, 0.6) is 0 Å². The molecule has 0 fully saturated rings. The van der Waals surface area contributed by atoms with Gasteiger partial charge in [-0.1, -0.05) is 17.3 Å². The van der Waals surface area contributed by atoms with Gasteiger partial charge in [-0.15, -0.1) is 0 Å². The Morgan fingerprint density at radius 3 is 2.42 bits per heavy atom. The van der Waals surface area contributed by atoms with E-state index in [4.69, 9.17) is 5.21 Å². The number of likely N-dealkylation sites (N-methyl/N-ethyl adjacent to an activating group) is 1. The number of amides is 1. The zero-order valence-electron chi connectivity index (χ0n) is 18.4. The highest BCUT2D eigenvalue weighted by molar-refractivity contribution is 7.89. The van der Waals surface area contributed by atoms with Crippen molar-refractivity contribution in [3.05, 3.63) is 47.0 Å². The number of aryl methyl sites for hydroxylation is 1. The van der Waals surface area contributed by atoms with Gasteiger partial charge < -0.3 is 15.4 Å². The summed E-state index contributed by atoms with van der Waals surface area (Å²) < 4.78 is 26.0. The summed E-state index contributed by atoms with van der Waals surface area (Å²) in [7, 11) is 1.55. The Kier molecular flexibility index (Phi) is 6.49. The molecule has 2 aromatic carbocycles. The minimum atomic E-state index is -3.49. The summed E-state index contributed by atoms with van der Waals surface area (Å²) in [6.07, 6.45) is 0.801. The van der Waals surface area contributed by atoms with Gasteiger partial charge in [0.05, 0.1) is 4.90 Å². The van der Waals surface area contributed by atoms with Crippen molar-refractivity contribution in [2.45, 2.75) is 31.7 Å². The summed E-state index contributed by atoms with van der Waals surface area (Å²) in [4.78, 5) is 14.8. The van der Waals surface area contributed by atoms with Gasteiger partial charge in [0, 0.05) is 32.9 Å². The van der Waals surface area contributed by atoms with E-state index >= 15 is 0 Å². The molecule has 0 aliphatic carbocycles. The highest BCUT2D eigenvalue weighted by Gasteiger charge is 2.24. The molecule has 1 aliphatic rings. The molecule has 166 valence electrons. The second-order valence-electron chi connectivity index (χ2n) is 8.01. The number of nitrogens with one attached hydrogen (secondary N) is 1. The van der Waals surface area contributed by atoms with Gasteiger partial charge >= 0.3 is 0 Å². The Bertz CT molecular complexity index is 1140. The number of benzene rings is 2. The number of sulfonamides is 1. The van der Waals surface area contributed by atoms with E-state index in [9.17, 15) is 13.2 Å². The third-order valence-corrected chi connectivity index (χ3v) is 7.41. The van der Waals surface area contributed by atoms with Crippen LogP contribution in [0.1, 0.15) is 23.6 Å². The van der Waals surface area contributed by atoms with Crippen LogP contribution in [-0.4, -0.2) is 62.1 Å². The fourth-order valence-corrected chi connectivity index (χ4v) is 4.64. The van der Waals surface area contributed by atoms with Crippen molar-refractivity contribution in [3.8, 4) is 11.1 Å². The molecule has 2 aromatic rings. The Morgan fingerprint density at radius 1 is 1.19 bits per heavy atom. The van der Waals surface area contributed by atoms with Crippen molar-refractivity contribution in [3.63, 3.8) is 0 Å². The topological polar surface area (TPSA) is 102 Å². The highest BCUT2D eigenvalue weighted by Crippen LogP contribution is 2.37. The first-order valence-electron chi connectivity index (χ1n) is 9.93. The standard InChI is InChI=1S/C22H28N4O4S/c1-14-12-19(16-6-8-17(9-7-16)31(29,30)25(3)4)18-10-11-26(5)13-20(18)21(14)23-22(27)15(2)24-28/h6-9,12,28H,10-11,13H2,1-5H3,(H,23,27)/b24-15+. The van der Waals surface area contributed by atoms with Crippen LogP contribution in [0.25, 0.3) is 11.1 Å². The molecule has 8 nitrogen and oxygen atoms in total. The smallest absolute Gasteiger partial charge is 0.273 e. The number of oxime groups is 1. The second-order valence-corrected chi connectivity index (χ2v) is 10.2. The first-order chi connectivity index (χ1) is 14.6. The van der Waals surface area contributed by atoms with Crippen LogP contribution in [0.15, 0.2) is 40.4 Å². The summed E-state index contributed by atoms with van der Waals surface area (Å²) in [5, 5.41) is 14.8. The Hall–Kier alpha value is -2.75. The van der Waals surface area contributed by atoms with Gasteiger partial charge in [-0.3, -0.25) is 4.79 Å². The van der Waals surface area contributed by atoms with Gasteiger partial charge in [-0.05, 0) is 73.3 Å². The van der Waals surface area contributed by atoms with Gasteiger partial charge in [0.25, 0.3) is 5.91 Å². The molecule has 0 bridgehead atoms. The van der Waals surface area contributed by atoms with Gasteiger partial charge in [0.1, 0.15) is 5.71 Å². The minimum absolute atomic E-state index is 0.0147. The van der Waals surface area contributed by atoms with Crippen LogP contribution in [0.3, 0.4) is 0 Å². The van der Waals surface area contributed by atoms with Gasteiger partial charge in [0.2, 0.25) is 10.0 Å². The van der Waals surface area contributed by atoms with Crippen molar-refractivity contribution >= 4 is 27.3 Å². The molecular weight excluding hydrogens is 416 g/mol. The molecule has 0 saturated heterocycles. The van der Waals surface area contributed by atoms with Crippen LogP contribution in [0.4, 0.5) is 5.69 Å². The fourth-order valence-electron chi connectivity index (χ4n) is 3.74. The lowest BCUT2D eigenvalue weighted by atomic mass is 9.87. The van der Waals surface area contributed by atoms with E-state index in [1.54, 1.807) is 12.1 Å². The Balaban J connectivity index is 2.10. The van der Waals surface area contributed by atoms with Crippen molar-refractivity contribution in [1.82, 2.24) is 9.21 Å². The molecule has 31 heavy (non-hydrogen) atoms. The predicted molar refractivity (Wildman–Crippen MR) is 121 cm³/mol. The summed E-state index contributed by atoms with van der Waals surface area (Å²) in [5.74, 6) is -0.452. The molecule has 0 saturated carbocycles. The molecule has 0 atom stereocenters. The van der Waals surface area contributed by atoms with Crippen molar-refractivity contribution in [2.24, 2.45) is 5.16 Å². The number of rotatable bonds is 5. The number of carbonyl (C=O) groups is 1. The van der Waals surface area contributed by atoms with Gasteiger partial charge in [0.15, 0.2) is 0 Å². The number of nitrogens with zero attached hydrogens (tertiary/aromatic N) is 3. The molecule has 0 spiro atoms. The van der Waals surface area contributed by atoms with E-state index in [-0.39, 0.29) is 10.6 Å². The van der Waals surface area contributed by atoms with Crippen molar-refractivity contribution < 1.29 is 18.4 Å². The molecule has 0 aromatic heterocycles. The lowest BCUT2D eigenvalue weighted by molar-refractivity contribution is -0.110. The third-order valence-electron chi connectivity index (χ3n) is 5.58. The first kappa shape index (κ1) is 22.9. The van der Waals surface area contributed by atoms with Crippen LogP contribution < -0.4 is 5.32 Å². The Morgan fingerprint density at radius 2 is 1.84 bits per heavy atom. The summed E-state index contributed by atoms with van der Waals surface area (Å²) in [6.45, 7) is 4.91. The normalized spacial score (nSPS) is 15.1. The molecule has 0 radical (unpaired) electrons.